The van der Waals surface area contributed by atoms with Crippen molar-refractivity contribution in [2.75, 3.05) is 0 Å². The number of rotatable bonds is 2. The molecule has 0 aliphatic rings. The highest BCUT2D eigenvalue weighted by Crippen LogP contribution is 2.30. The number of benzene rings is 1. The van der Waals surface area contributed by atoms with E-state index in [0.717, 1.165) is 5.56 Å². The summed E-state index contributed by atoms with van der Waals surface area (Å²) < 4.78 is 0.653. The van der Waals surface area contributed by atoms with Crippen molar-refractivity contribution in [3.8, 4) is 5.75 Å². The molecule has 0 bridgehead atoms. The van der Waals surface area contributed by atoms with E-state index in [4.69, 9.17) is 5.90 Å². The minimum atomic E-state index is 0.195. The molecule has 0 aliphatic heterocycles. The van der Waals surface area contributed by atoms with Crippen molar-refractivity contribution in [2.45, 2.75) is 13.5 Å². The number of nitrogens with two attached hydrogens (primary N) is 1. The highest BCUT2D eigenvalue weighted by Gasteiger charge is 2.07. The van der Waals surface area contributed by atoms with Crippen LogP contribution in [0.25, 0.3) is 0 Å². The summed E-state index contributed by atoms with van der Waals surface area (Å²) in [6.07, 6.45) is 0. The molecule has 0 saturated carbocycles. The molecule has 0 spiro atoms. The predicted octanol–water partition coefficient (Wildman–Crippen LogP) is 1.85. The molecule has 4 heteroatoms. The fraction of sp³-hybridized carbons (Fsp3) is 0.250. The lowest BCUT2D eigenvalue weighted by molar-refractivity contribution is 0.121. The Balaban J connectivity index is 3.14. The molecule has 12 heavy (non-hydrogen) atoms. The molecule has 0 amide bonds. The van der Waals surface area contributed by atoms with E-state index in [1.54, 1.807) is 6.07 Å². The molecule has 0 saturated heterocycles. The molecular weight excluding hydrogens is 222 g/mol. The van der Waals surface area contributed by atoms with Gasteiger partial charge < -0.3 is 5.11 Å². The second-order valence-corrected chi connectivity index (χ2v) is 3.36. The topological polar surface area (TPSA) is 55.5 Å². The third-order valence-electron chi connectivity index (χ3n) is 1.70. The Morgan fingerprint density at radius 1 is 1.58 bits per heavy atom. The van der Waals surface area contributed by atoms with Gasteiger partial charge >= 0.3 is 0 Å². The lowest BCUT2D eigenvalue weighted by Crippen LogP contribution is -2.01. The van der Waals surface area contributed by atoms with Gasteiger partial charge in [-0.25, -0.2) is 5.90 Å². The average Bonchev–Trinajstić information content (AvgIpc) is 2.06. The number of hydrogen-bond donors (Lipinski definition) is 2. The lowest BCUT2D eigenvalue weighted by Gasteiger charge is -2.07. The standard InChI is InChI=1S/C8H10BrNO2/c1-5-2-3-7(9)8(11)6(5)4-12-10/h2-3,11H,4,10H2,1H3. The highest BCUT2D eigenvalue weighted by molar-refractivity contribution is 9.10. The summed E-state index contributed by atoms with van der Waals surface area (Å²) in [4.78, 5) is 4.46. The molecule has 0 atom stereocenters. The first kappa shape index (κ1) is 9.51. The smallest absolute Gasteiger partial charge is 0.135 e. The van der Waals surface area contributed by atoms with Crippen LogP contribution in [0.4, 0.5) is 0 Å². The largest absolute Gasteiger partial charge is 0.506 e. The normalized spacial score (nSPS) is 10.2. The zero-order valence-electron chi connectivity index (χ0n) is 6.67. The van der Waals surface area contributed by atoms with Crippen LogP contribution >= 0.6 is 15.9 Å². The van der Waals surface area contributed by atoms with Crippen LogP contribution in [-0.4, -0.2) is 5.11 Å². The fourth-order valence-corrected chi connectivity index (χ4v) is 1.35. The first-order valence-corrected chi connectivity index (χ1v) is 4.24. The molecule has 0 fully saturated rings. The summed E-state index contributed by atoms with van der Waals surface area (Å²) in [5, 5.41) is 9.53. The van der Waals surface area contributed by atoms with Crippen LogP contribution in [0.5, 0.6) is 5.75 Å². The number of aromatic hydroxyl groups is 1. The van der Waals surface area contributed by atoms with Gasteiger partial charge in [0.05, 0.1) is 11.1 Å². The van der Waals surface area contributed by atoms with Crippen LogP contribution in [0.1, 0.15) is 11.1 Å². The Kier molecular flexibility index (Phi) is 3.08. The molecule has 0 heterocycles. The second-order valence-electron chi connectivity index (χ2n) is 2.50. The number of phenolic OH excluding ortho intramolecular Hbond substituents is 1. The number of aryl methyl sites for hydroxylation is 1. The van der Waals surface area contributed by atoms with Crippen LogP contribution in [0.2, 0.25) is 0 Å². The summed E-state index contributed by atoms with van der Waals surface area (Å²) in [5.41, 5.74) is 1.67. The highest BCUT2D eigenvalue weighted by atomic mass is 79.9. The predicted molar refractivity (Wildman–Crippen MR) is 49.5 cm³/mol. The molecule has 3 N–H and O–H groups in total. The van der Waals surface area contributed by atoms with Gasteiger partial charge in [0.1, 0.15) is 5.75 Å². The summed E-state index contributed by atoms with van der Waals surface area (Å²) in [6.45, 7) is 2.11. The van der Waals surface area contributed by atoms with Crippen molar-refractivity contribution in [1.29, 1.82) is 0 Å². The molecule has 0 aliphatic carbocycles. The second kappa shape index (κ2) is 3.89. The molecular formula is C8H10BrNO2. The van der Waals surface area contributed by atoms with Crippen LogP contribution < -0.4 is 5.90 Å². The zero-order chi connectivity index (χ0) is 9.14. The van der Waals surface area contributed by atoms with E-state index in [0.29, 0.717) is 10.0 Å². The van der Waals surface area contributed by atoms with Gasteiger partial charge in [0, 0.05) is 5.56 Å². The Morgan fingerprint density at radius 2 is 2.25 bits per heavy atom. The Labute approximate surface area is 79.2 Å². The van der Waals surface area contributed by atoms with Gasteiger partial charge in [-0.2, -0.15) is 0 Å². The van der Waals surface area contributed by atoms with Gasteiger partial charge in [-0.15, -0.1) is 0 Å². The Morgan fingerprint density at radius 3 is 2.83 bits per heavy atom. The van der Waals surface area contributed by atoms with Crippen LogP contribution in [0, 0.1) is 6.92 Å². The third kappa shape index (κ3) is 1.77. The van der Waals surface area contributed by atoms with E-state index in [-0.39, 0.29) is 12.4 Å². The van der Waals surface area contributed by atoms with Crippen molar-refractivity contribution >= 4 is 15.9 Å². The molecule has 0 radical (unpaired) electrons. The quantitative estimate of drug-likeness (QED) is 0.765. The number of halogens is 1. The van der Waals surface area contributed by atoms with Gasteiger partial charge in [0.15, 0.2) is 0 Å². The van der Waals surface area contributed by atoms with Gasteiger partial charge in [-0.3, -0.25) is 4.84 Å². The summed E-state index contributed by atoms with van der Waals surface area (Å²) in [5.74, 6) is 5.12. The van der Waals surface area contributed by atoms with E-state index < -0.39 is 0 Å². The van der Waals surface area contributed by atoms with Crippen molar-refractivity contribution in [3.63, 3.8) is 0 Å². The van der Waals surface area contributed by atoms with Crippen LogP contribution in [-0.2, 0) is 11.4 Å². The summed E-state index contributed by atoms with van der Waals surface area (Å²) in [6, 6.07) is 3.67. The minimum absolute atomic E-state index is 0.195. The van der Waals surface area contributed by atoms with Gasteiger partial charge in [-0.05, 0) is 34.5 Å². The summed E-state index contributed by atoms with van der Waals surface area (Å²) in [7, 11) is 0. The van der Waals surface area contributed by atoms with E-state index in [2.05, 4.69) is 20.8 Å². The van der Waals surface area contributed by atoms with Crippen molar-refractivity contribution in [1.82, 2.24) is 0 Å². The van der Waals surface area contributed by atoms with E-state index in [1.165, 1.54) is 0 Å². The van der Waals surface area contributed by atoms with Gasteiger partial charge in [-0.1, -0.05) is 6.07 Å². The maximum Gasteiger partial charge on any atom is 0.135 e. The van der Waals surface area contributed by atoms with Crippen LogP contribution in [0.15, 0.2) is 16.6 Å². The van der Waals surface area contributed by atoms with Crippen molar-refractivity contribution in [2.24, 2.45) is 5.90 Å². The molecule has 1 aromatic rings. The zero-order valence-corrected chi connectivity index (χ0v) is 8.26. The first-order chi connectivity index (χ1) is 5.66. The maximum absolute atomic E-state index is 9.53. The van der Waals surface area contributed by atoms with Crippen molar-refractivity contribution in [3.05, 3.63) is 27.7 Å². The molecule has 66 valence electrons. The molecule has 1 rings (SSSR count). The molecule has 0 aromatic heterocycles. The maximum atomic E-state index is 9.53. The monoisotopic (exact) mass is 231 g/mol. The number of hydrogen-bond acceptors (Lipinski definition) is 3. The third-order valence-corrected chi connectivity index (χ3v) is 2.34. The van der Waals surface area contributed by atoms with Gasteiger partial charge in [0.25, 0.3) is 0 Å². The molecule has 1 aromatic carbocycles. The SMILES string of the molecule is Cc1ccc(Br)c(O)c1CON. The first-order valence-electron chi connectivity index (χ1n) is 3.45. The van der Waals surface area contributed by atoms with E-state index in [1.807, 2.05) is 13.0 Å². The lowest BCUT2D eigenvalue weighted by atomic mass is 10.1. The Hall–Kier alpha value is -0.580. The van der Waals surface area contributed by atoms with Gasteiger partial charge in [0.2, 0.25) is 0 Å². The van der Waals surface area contributed by atoms with Crippen molar-refractivity contribution < 1.29 is 9.94 Å². The van der Waals surface area contributed by atoms with E-state index in [9.17, 15) is 5.11 Å². The minimum Gasteiger partial charge on any atom is -0.506 e. The van der Waals surface area contributed by atoms with Crippen LogP contribution in [0.3, 0.4) is 0 Å². The molecule has 3 nitrogen and oxygen atoms in total. The average molecular weight is 232 g/mol. The Bertz CT molecular complexity index is 289. The fourth-order valence-electron chi connectivity index (χ4n) is 0.974. The molecule has 0 unspecified atom stereocenters. The van der Waals surface area contributed by atoms with E-state index >= 15 is 0 Å². The summed E-state index contributed by atoms with van der Waals surface area (Å²) >= 11 is 3.20. The number of phenols is 1.